The first-order chi connectivity index (χ1) is 12.4. The van der Waals surface area contributed by atoms with E-state index in [0.717, 1.165) is 6.42 Å². The van der Waals surface area contributed by atoms with Crippen LogP contribution in [0.25, 0.3) is 0 Å². The molecular weight excluding hydrogens is 376 g/mol. The number of benzene rings is 1. The Labute approximate surface area is 158 Å². The molecule has 2 saturated heterocycles. The molecule has 1 aromatic rings. The number of carbonyl (C=O) groups is 2. The van der Waals surface area contributed by atoms with E-state index in [-0.39, 0.29) is 35.7 Å². The number of sulfone groups is 1. The molecule has 8 heteroatoms. The van der Waals surface area contributed by atoms with E-state index in [2.05, 4.69) is 5.32 Å². The van der Waals surface area contributed by atoms with Crippen molar-refractivity contribution in [3.8, 4) is 0 Å². The van der Waals surface area contributed by atoms with Crippen LogP contribution in [0.5, 0.6) is 0 Å². The van der Waals surface area contributed by atoms with Gasteiger partial charge in [-0.3, -0.25) is 9.59 Å². The molecule has 0 bridgehead atoms. The average molecular weight is 399 g/mol. The second-order valence-corrected chi connectivity index (χ2v) is 9.74. The van der Waals surface area contributed by atoms with Crippen LogP contribution in [0.15, 0.2) is 24.3 Å². The van der Waals surface area contributed by atoms with Gasteiger partial charge in [0.25, 0.3) is 0 Å². The van der Waals surface area contributed by atoms with E-state index in [1.807, 2.05) is 6.07 Å². The minimum absolute atomic E-state index is 0.101. The maximum Gasteiger partial charge on any atom is 0.227 e. The molecule has 0 aromatic heterocycles. The molecule has 142 valence electrons. The Morgan fingerprint density at radius 2 is 1.92 bits per heavy atom. The lowest BCUT2D eigenvalue weighted by Crippen LogP contribution is -2.35. The first kappa shape index (κ1) is 19.2. The summed E-state index contributed by atoms with van der Waals surface area (Å²) in [5, 5.41) is 3.39. The number of carbonyl (C=O) groups excluding carboxylic acids is 2. The number of para-hydroxylation sites is 1. The SMILES string of the molecule is O=C(NCCC1CCS(=O)(=O)CC1)[C@H]1CC(=O)N(c2ccccc2Cl)C1. The van der Waals surface area contributed by atoms with Crippen LogP contribution in [0.2, 0.25) is 5.02 Å². The van der Waals surface area contributed by atoms with Crippen molar-refractivity contribution < 1.29 is 18.0 Å². The molecule has 0 unspecified atom stereocenters. The van der Waals surface area contributed by atoms with Gasteiger partial charge in [-0.2, -0.15) is 0 Å². The molecule has 0 saturated carbocycles. The highest BCUT2D eigenvalue weighted by Crippen LogP contribution is 2.31. The third-order valence-corrected chi connectivity index (χ3v) is 7.20. The Kier molecular flexibility index (Phi) is 5.87. The van der Waals surface area contributed by atoms with Crippen molar-refractivity contribution in [1.29, 1.82) is 0 Å². The van der Waals surface area contributed by atoms with E-state index in [0.29, 0.717) is 42.6 Å². The second kappa shape index (κ2) is 7.96. The van der Waals surface area contributed by atoms with E-state index in [1.54, 1.807) is 23.1 Å². The maximum atomic E-state index is 12.4. The summed E-state index contributed by atoms with van der Waals surface area (Å²) in [6.45, 7) is 0.844. The molecule has 2 amide bonds. The molecule has 1 aromatic carbocycles. The van der Waals surface area contributed by atoms with Gasteiger partial charge in [-0.25, -0.2) is 8.42 Å². The summed E-state index contributed by atoms with van der Waals surface area (Å²) >= 11 is 6.15. The van der Waals surface area contributed by atoms with Gasteiger partial charge in [0, 0.05) is 19.5 Å². The van der Waals surface area contributed by atoms with Crippen molar-refractivity contribution in [1.82, 2.24) is 5.32 Å². The Morgan fingerprint density at radius 1 is 1.23 bits per heavy atom. The lowest BCUT2D eigenvalue weighted by molar-refractivity contribution is -0.126. The minimum Gasteiger partial charge on any atom is -0.356 e. The molecule has 0 aliphatic carbocycles. The smallest absolute Gasteiger partial charge is 0.227 e. The van der Waals surface area contributed by atoms with Crippen LogP contribution in [0, 0.1) is 11.8 Å². The number of hydrogen-bond acceptors (Lipinski definition) is 4. The summed E-state index contributed by atoms with van der Waals surface area (Å²) in [5.41, 5.74) is 0.637. The van der Waals surface area contributed by atoms with Crippen molar-refractivity contribution in [2.45, 2.75) is 25.7 Å². The zero-order valence-electron chi connectivity index (χ0n) is 14.5. The van der Waals surface area contributed by atoms with Gasteiger partial charge in [0.05, 0.1) is 28.1 Å². The molecule has 1 atom stereocenters. The lowest BCUT2D eigenvalue weighted by Gasteiger charge is -2.22. The van der Waals surface area contributed by atoms with E-state index in [9.17, 15) is 18.0 Å². The van der Waals surface area contributed by atoms with E-state index in [1.165, 1.54) is 0 Å². The summed E-state index contributed by atoms with van der Waals surface area (Å²) in [5.74, 6) is 0.215. The van der Waals surface area contributed by atoms with Gasteiger partial charge in [0.1, 0.15) is 9.84 Å². The van der Waals surface area contributed by atoms with Gasteiger partial charge in [0.15, 0.2) is 0 Å². The zero-order valence-corrected chi connectivity index (χ0v) is 16.1. The standard InChI is InChI=1S/C18H23ClN2O4S/c19-15-3-1-2-4-16(15)21-12-14(11-17(21)22)18(23)20-8-5-13-6-9-26(24,25)10-7-13/h1-4,13-14H,5-12H2,(H,20,23)/t14-/m0/s1. The molecule has 26 heavy (non-hydrogen) atoms. The highest BCUT2D eigenvalue weighted by atomic mass is 35.5. The number of amides is 2. The average Bonchev–Trinajstić information content (AvgIpc) is 2.98. The van der Waals surface area contributed by atoms with Crippen molar-refractivity contribution in [2.24, 2.45) is 11.8 Å². The quantitative estimate of drug-likeness (QED) is 0.822. The van der Waals surface area contributed by atoms with Crippen molar-refractivity contribution in [2.75, 3.05) is 29.5 Å². The molecule has 3 rings (SSSR count). The second-order valence-electron chi connectivity index (χ2n) is 7.03. The number of anilines is 1. The van der Waals surface area contributed by atoms with Crippen molar-refractivity contribution in [3.05, 3.63) is 29.3 Å². The van der Waals surface area contributed by atoms with E-state index < -0.39 is 9.84 Å². The Morgan fingerprint density at radius 3 is 2.62 bits per heavy atom. The van der Waals surface area contributed by atoms with Gasteiger partial charge < -0.3 is 10.2 Å². The molecule has 2 aliphatic heterocycles. The Hall–Kier alpha value is -1.60. The predicted molar refractivity (Wildman–Crippen MR) is 101 cm³/mol. The van der Waals surface area contributed by atoms with Gasteiger partial charge in [-0.05, 0) is 37.3 Å². The normalized spacial score (nSPS) is 23.2. The fourth-order valence-electron chi connectivity index (χ4n) is 3.56. The zero-order chi connectivity index (χ0) is 18.7. The monoisotopic (exact) mass is 398 g/mol. The summed E-state index contributed by atoms with van der Waals surface area (Å²) in [4.78, 5) is 26.2. The largest absolute Gasteiger partial charge is 0.356 e. The molecular formula is C18H23ClN2O4S. The highest BCUT2D eigenvalue weighted by molar-refractivity contribution is 7.91. The summed E-state index contributed by atoms with van der Waals surface area (Å²) in [6, 6.07) is 7.11. The van der Waals surface area contributed by atoms with Crippen LogP contribution in [-0.2, 0) is 19.4 Å². The highest BCUT2D eigenvalue weighted by Gasteiger charge is 2.35. The Balaban J connectivity index is 1.47. The molecule has 2 heterocycles. The number of nitrogens with one attached hydrogen (secondary N) is 1. The lowest BCUT2D eigenvalue weighted by atomic mass is 9.99. The van der Waals surface area contributed by atoms with Crippen molar-refractivity contribution >= 4 is 38.9 Å². The summed E-state index contributed by atoms with van der Waals surface area (Å²) in [7, 11) is -2.85. The van der Waals surface area contributed by atoms with E-state index in [4.69, 9.17) is 11.6 Å². The van der Waals surface area contributed by atoms with Gasteiger partial charge in [0.2, 0.25) is 11.8 Å². The van der Waals surface area contributed by atoms with Crippen LogP contribution in [-0.4, -0.2) is 44.8 Å². The predicted octanol–water partition coefficient (Wildman–Crippen LogP) is 2.02. The topological polar surface area (TPSA) is 83.5 Å². The van der Waals surface area contributed by atoms with Crippen LogP contribution in [0.1, 0.15) is 25.7 Å². The first-order valence-electron chi connectivity index (χ1n) is 8.89. The van der Waals surface area contributed by atoms with Crippen molar-refractivity contribution in [3.63, 3.8) is 0 Å². The van der Waals surface area contributed by atoms with E-state index >= 15 is 0 Å². The van der Waals surface area contributed by atoms with Crippen LogP contribution >= 0.6 is 11.6 Å². The number of nitrogens with zero attached hydrogens (tertiary/aromatic N) is 1. The molecule has 6 nitrogen and oxygen atoms in total. The summed E-state index contributed by atoms with van der Waals surface area (Å²) < 4.78 is 22.9. The molecule has 2 fully saturated rings. The number of rotatable bonds is 5. The van der Waals surface area contributed by atoms with Gasteiger partial charge >= 0.3 is 0 Å². The molecule has 0 radical (unpaired) electrons. The molecule has 0 spiro atoms. The molecule has 1 N–H and O–H groups in total. The first-order valence-corrected chi connectivity index (χ1v) is 11.1. The third-order valence-electron chi connectivity index (χ3n) is 5.17. The third kappa shape index (κ3) is 4.57. The van der Waals surface area contributed by atoms with Gasteiger partial charge in [-0.15, -0.1) is 0 Å². The Bertz CT molecular complexity index is 782. The fraction of sp³-hybridized carbons (Fsp3) is 0.556. The fourth-order valence-corrected chi connectivity index (χ4v) is 5.38. The number of halogens is 1. The van der Waals surface area contributed by atoms with Gasteiger partial charge in [-0.1, -0.05) is 23.7 Å². The van der Waals surface area contributed by atoms with Crippen LogP contribution in [0.4, 0.5) is 5.69 Å². The van der Waals surface area contributed by atoms with Crippen LogP contribution in [0.3, 0.4) is 0 Å². The minimum atomic E-state index is -2.85. The van der Waals surface area contributed by atoms with Crippen LogP contribution < -0.4 is 10.2 Å². The number of hydrogen-bond donors (Lipinski definition) is 1. The molecule has 2 aliphatic rings. The summed E-state index contributed by atoms with van der Waals surface area (Å²) in [6.07, 6.45) is 2.29. The maximum absolute atomic E-state index is 12.4.